The molecule has 0 radical (unpaired) electrons. The number of carboxylic acid groups (broad SMARTS) is 1. The first-order chi connectivity index (χ1) is 13.8. The van der Waals surface area contributed by atoms with Crippen LogP contribution in [0.4, 0.5) is 0 Å². The summed E-state index contributed by atoms with van der Waals surface area (Å²) in [7, 11) is -1.34. The van der Waals surface area contributed by atoms with E-state index < -0.39 is 18.6 Å². The van der Waals surface area contributed by atoms with E-state index in [-0.39, 0.29) is 6.32 Å². The van der Waals surface area contributed by atoms with Crippen molar-refractivity contribution >= 4 is 13.1 Å². The second kappa shape index (κ2) is 11.7. The molecular weight excluding hydrogens is 369 g/mol. The van der Waals surface area contributed by atoms with Gasteiger partial charge in [0.25, 0.3) is 0 Å². The first-order valence-corrected chi connectivity index (χ1v) is 10.7. The molecule has 7 nitrogen and oxygen atoms in total. The molecule has 0 amide bonds. The second-order valence-electron chi connectivity index (χ2n) is 8.39. The molecule has 1 aliphatic heterocycles. The van der Waals surface area contributed by atoms with Crippen molar-refractivity contribution in [3.8, 4) is 0 Å². The van der Waals surface area contributed by atoms with Gasteiger partial charge >= 0.3 is 13.1 Å². The van der Waals surface area contributed by atoms with E-state index in [2.05, 4.69) is 41.0 Å². The predicted molar refractivity (Wildman–Crippen MR) is 116 cm³/mol. The van der Waals surface area contributed by atoms with Gasteiger partial charge in [0.2, 0.25) is 0 Å². The molecule has 0 aromatic heterocycles. The fourth-order valence-electron chi connectivity index (χ4n) is 3.85. The van der Waals surface area contributed by atoms with Gasteiger partial charge in [-0.25, -0.2) is 0 Å². The second-order valence-corrected chi connectivity index (χ2v) is 8.39. The molecule has 1 heterocycles. The minimum absolute atomic E-state index is 0.253. The number of aryl methyl sites for hydroxylation is 1. The Bertz CT molecular complexity index is 621. The van der Waals surface area contributed by atoms with E-state index >= 15 is 0 Å². The highest BCUT2D eigenvalue weighted by atomic mass is 16.4. The largest absolute Gasteiger partial charge is 0.480 e. The van der Waals surface area contributed by atoms with Crippen molar-refractivity contribution < 1.29 is 19.9 Å². The number of hydrogen-bond acceptors (Lipinski definition) is 6. The highest BCUT2D eigenvalue weighted by Crippen LogP contribution is 2.20. The number of nitrogens with two attached hydrogens (primary N) is 1. The zero-order valence-corrected chi connectivity index (χ0v) is 17.6. The Kier molecular flexibility index (Phi) is 9.59. The monoisotopic (exact) mass is 405 g/mol. The summed E-state index contributed by atoms with van der Waals surface area (Å²) in [6.07, 6.45) is 2.95. The molecule has 1 aromatic carbocycles. The number of unbranched alkanes of at least 4 members (excludes halogenated alkanes) is 1. The fraction of sp³-hybridized carbons (Fsp3) is 0.667. The lowest BCUT2D eigenvalue weighted by atomic mass is 9.81. The van der Waals surface area contributed by atoms with Crippen molar-refractivity contribution in [2.24, 2.45) is 5.73 Å². The fourth-order valence-corrected chi connectivity index (χ4v) is 3.85. The lowest BCUT2D eigenvalue weighted by Gasteiger charge is -2.35. The van der Waals surface area contributed by atoms with Crippen molar-refractivity contribution in [3.05, 3.63) is 35.4 Å². The summed E-state index contributed by atoms with van der Waals surface area (Å²) < 4.78 is 0. The van der Waals surface area contributed by atoms with E-state index in [9.17, 15) is 9.90 Å². The van der Waals surface area contributed by atoms with E-state index in [1.165, 1.54) is 11.1 Å². The molecule has 0 saturated carbocycles. The Morgan fingerprint density at radius 1 is 1.03 bits per heavy atom. The highest BCUT2D eigenvalue weighted by molar-refractivity contribution is 6.40. The number of benzene rings is 1. The van der Waals surface area contributed by atoms with Crippen LogP contribution in [0, 0.1) is 6.92 Å². The van der Waals surface area contributed by atoms with Crippen LogP contribution in [0.5, 0.6) is 0 Å². The number of aliphatic carboxylic acids is 1. The zero-order chi connectivity index (χ0) is 21.3. The summed E-state index contributed by atoms with van der Waals surface area (Å²) in [6.45, 7) is 7.95. The summed E-state index contributed by atoms with van der Waals surface area (Å²) in [5, 5.41) is 27.3. The molecule has 0 spiro atoms. The van der Waals surface area contributed by atoms with Gasteiger partial charge in [0.1, 0.15) is 5.54 Å². The molecule has 1 aliphatic rings. The van der Waals surface area contributed by atoms with Crippen molar-refractivity contribution in [1.29, 1.82) is 0 Å². The van der Waals surface area contributed by atoms with Crippen molar-refractivity contribution in [1.82, 2.24) is 9.80 Å². The van der Waals surface area contributed by atoms with Crippen LogP contribution in [0.25, 0.3) is 0 Å². The number of rotatable bonds is 12. The molecule has 1 unspecified atom stereocenters. The van der Waals surface area contributed by atoms with Crippen molar-refractivity contribution in [2.75, 3.05) is 32.7 Å². The topological polar surface area (TPSA) is 110 Å². The molecule has 0 aliphatic carbocycles. The maximum absolute atomic E-state index is 11.6. The summed E-state index contributed by atoms with van der Waals surface area (Å²) >= 11 is 0. The number of carboxylic acids is 1. The van der Waals surface area contributed by atoms with Gasteiger partial charge in [-0.3, -0.25) is 9.69 Å². The molecule has 1 aromatic rings. The van der Waals surface area contributed by atoms with E-state index in [0.29, 0.717) is 25.7 Å². The Morgan fingerprint density at radius 3 is 2.21 bits per heavy atom. The molecule has 29 heavy (non-hydrogen) atoms. The molecular formula is C21H36BN3O4. The Balaban J connectivity index is 1.67. The molecule has 1 saturated heterocycles. The van der Waals surface area contributed by atoms with Crippen molar-refractivity contribution in [2.45, 2.75) is 57.4 Å². The smallest absolute Gasteiger partial charge is 0.451 e. The van der Waals surface area contributed by atoms with Crippen LogP contribution in [0.3, 0.4) is 0 Å². The quantitative estimate of drug-likeness (QED) is 0.307. The Morgan fingerprint density at radius 2 is 1.62 bits per heavy atom. The van der Waals surface area contributed by atoms with Crippen LogP contribution in [0.2, 0.25) is 6.32 Å². The number of carbonyl (C=O) groups is 1. The van der Waals surface area contributed by atoms with E-state index in [4.69, 9.17) is 15.8 Å². The minimum Gasteiger partial charge on any atom is -0.480 e. The van der Waals surface area contributed by atoms with Gasteiger partial charge in [0.05, 0.1) is 0 Å². The molecule has 8 heteroatoms. The third-order valence-electron chi connectivity index (χ3n) is 5.85. The van der Waals surface area contributed by atoms with Gasteiger partial charge in [-0.2, -0.15) is 0 Å². The Hall–Kier alpha value is -1.45. The summed E-state index contributed by atoms with van der Waals surface area (Å²) in [4.78, 5) is 16.5. The summed E-state index contributed by atoms with van der Waals surface area (Å²) in [5.41, 5.74) is 7.53. The maximum atomic E-state index is 11.6. The van der Waals surface area contributed by atoms with Gasteiger partial charge in [-0.1, -0.05) is 42.7 Å². The third-order valence-corrected chi connectivity index (χ3v) is 5.85. The lowest BCUT2D eigenvalue weighted by molar-refractivity contribution is -0.144. The molecule has 1 atom stereocenters. The number of piperazine rings is 1. The predicted octanol–water partition coefficient (Wildman–Crippen LogP) is 1.32. The summed E-state index contributed by atoms with van der Waals surface area (Å²) in [6, 6.07) is 8.68. The van der Waals surface area contributed by atoms with E-state index in [1.54, 1.807) is 0 Å². The summed E-state index contributed by atoms with van der Waals surface area (Å²) in [5.74, 6) is -0.968. The molecule has 0 bridgehead atoms. The van der Waals surface area contributed by atoms with E-state index in [1.807, 2.05) is 0 Å². The average Bonchev–Trinajstić information content (AvgIpc) is 2.68. The first-order valence-electron chi connectivity index (χ1n) is 10.7. The van der Waals surface area contributed by atoms with Crippen LogP contribution in [0.15, 0.2) is 24.3 Å². The zero-order valence-electron chi connectivity index (χ0n) is 17.6. The molecule has 162 valence electrons. The average molecular weight is 405 g/mol. The van der Waals surface area contributed by atoms with E-state index in [0.717, 1.165) is 45.7 Å². The van der Waals surface area contributed by atoms with Crippen LogP contribution in [0.1, 0.15) is 43.2 Å². The van der Waals surface area contributed by atoms with Crippen molar-refractivity contribution in [3.63, 3.8) is 0 Å². The van der Waals surface area contributed by atoms with Crippen LogP contribution < -0.4 is 5.73 Å². The number of nitrogens with zero attached hydrogens (tertiary/aromatic N) is 2. The Labute approximate surface area is 174 Å². The first kappa shape index (κ1) is 23.8. The molecule has 1 fully saturated rings. The van der Waals surface area contributed by atoms with Gasteiger partial charge < -0.3 is 25.8 Å². The highest BCUT2D eigenvalue weighted by Gasteiger charge is 2.33. The molecule has 5 N–H and O–H groups in total. The van der Waals surface area contributed by atoms with Gasteiger partial charge in [0.15, 0.2) is 0 Å². The van der Waals surface area contributed by atoms with Gasteiger partial charge in [-0.15, -0.1) is 0 Å². The molecule has 2 rings (SSSR count). The maximum Gasteiger partial charge on any atom is 0.451 e. The van der Waals surface area contributed by atoms with Gasteiger partial charge in [0, 0.05) is 32.7 Å². The van der Waals surface area contributed by atoms with Crippen LogP contribution in [-0.2, 0) is 11.3 Å². The van der Waals surface area contributed by atoms with Crippen LogP contribution >= 0.6 is 0 Å². The normalized spacial score (nSPS) is 17.8. The third kappa shape index (κ3) is 8.44. The lowest BCUT2D eigenvalue weighted by Crippen LogP contribution is -2.49. The SMILES string of the molecule is Cc1ccc(CN2CCN(CCCC(N)(CCCCB(O)O)C(=O)O)CC2)cc1. The number of hydrogen-bond donors (Lipinski definition) is 4. The minimum atomic E-state index is -1.34. The van der Waals surface area contributed by atoms with Gasteiger partial charge in [-0.05, 0) is 44.6 Å². The van der Waals surface area contributed by atoms with Crippen LogP contribution in [-0.4, -0.2) is 76.3 Å². The standard InChI is InChI=1S/C21H36BN3O4/c1-18-5-7-19(8-6-18)17-25-15-13-24(14-16-25)12-4-10-21(23,20(26)27)9-2-3-11-22(28)29/h5-8,28-29H,2-4,9-17,23H2,1H3,(H,26,27).